The molecule has 1 aromatic rings. The van der Waals surface area contributed by atoms with Gasteiger partial charge in [0.05, 0.1) is 18.6 Å². The van der Waals surface area contributed by atoms with Crippen molar-refractivity contribution in [2.75, 3.05) is 6.54 Å². The first-order valence-electron chi connectivity index (χ1n) is 5.55. The fraction of sp³-hybridized carbons (Fsp3) is 0.583. The molecule has 1 fully saturated rings. The first-order chi connectivity index (χ1) is 7.42. The summed E-state index contributed by atoms with van der Waals surface area (Å²) in [5.41, 5.74) is 1.28. The van der Waals surface area contributed by atoms with Gasteiger partial charge in [-0.15, -0.1) is 5.92 Å². The second kappa shape index (κ2) is 4.99. The van der Waals surface area contributed by atoms with E-state index in [-0.39, 0.29) is 0 Å². The molecule has 1 saturated heterocycles. The summed E-state index contributed by atoms with van der Waals surface area (Å²) in [5, 5.41) is 3.53. The molecule has 1 unspecified atom stereocenters. The number of hydrogen-bond acceptors (Lipinski definition) is 2. The van der Waals surface area contributed by atoms with Crippen molar-refractivity contribution in [3.8, 4) is 11.8 Å². The largest absolute Gasteiger partial charge is 0.321 e. The number of hydrogen-bond donors (Lipinski definition) is 1. The third-order valence-corrected chi connectivity index (χ3v) is 2.84. The molecule has 15 heavy (non-hydrogen) atoms. The highest BCUT2D eigenvalue weighted by atomic mass is 15.1. The van der Waals surface area contributed by atoms with E-state index in [1.807, 2.05) is 19.4 Å². The first-order valence-corrected chi connectivity index (χ1v) is 5.55. The number of imidazole rings is 1. The van der Waals surface area contributed by atoms with Gasteiger partial charge < -0.3 is 9.88 Å². The lowest BCUT2D eigenvalue weighted by Gasteiger charge is -2.23. The van der Waals surface area contributed by atoms with Crippen LogP contribution in [-0.4, -0.2) is 16.1 Å². The standard InChI is InChI=1S/C12H17N3/c1-2-3-8-15-10-13-9-12(15)11-6-4-5-7-14-11/h9-11,14H,4-8H2,1H3. The molecule has 0 spiro atoms. The van der Waals surface area contributed by atoms with Gasteiger partial charge in [-0.25, -0.2) is 4.98 Å². The van der Waals surface area contributed by atoms with Crippen LogP contribution in [-0.2, 0) is 6.54 Å². The summed E-state index contributed by atoms with van der Waals surface area (Å²) in [5.74, 6) is 5.99. The number of nitrogens with one attached hydrogen (secondary N) is 1. The third-order valence-electron chi connectivity index (χ3n) is 2.84. The molecule has 0 saturated carbocycles. The molecule has 0 aromatic carbocycles. The summed E-state index contributed by atoms with van der Waals surface area (Å²) in [6.45, 7) is 3.74. The summed E-state index contributed by atoms with van der Waals surface area (Å²) in [7, 11) is 0. The van der Waals surface area contributed by atoms with Crippen LogP contribution in [0.2, 0.25) is 0 Å². The van der Waals surface area contributed by atoms with E-state index in [4.69, 9.17) is 0 Å². The van der Waals surface area contributed by atoms with E-state index < -0.39 is 0 Å². The van der Waals surface area contributed by atoms with Gasteiger partial charge in [-0.05, 0) is 26.3 Å². The third kappa shape index (κ3) is 2.40. The minimum atomic E-state index is 0.472. The fourth-order valence-corrected chi connectivity index (χ4v) is 2.02. The van der Waals surface area contributed by atoms with Crippen LogP contribution in [0.4, 0.5) is 0 Å². The highest BCUT2D eigenvalue weighted by molar-refractivity contribution is 5.09. The molecule has 1 aliphatic heterocycles. The SMILES string of the molecule is CC#CCn1cncc1C1CCCCN1. The van der Waals surface area contributed by atoms with Crippen LogP contribution in [0, 0.1) is 11.8 Å². The van der Waals surface area contributed by atoms with Crippen LogP contribution in [0.15, 0.2) is 12.5 Å². The predicted octanol–water partition coefficient (Wildman–Crippen LogP) is 1.72. The summed E-state index contributed by atoms with van der Waals surface area (Å²) in [6.07, 6.45) is 7.64. The van der Waals surface area contributed by atoms with Gasteiger partial charge in [0.25, 0.3) is 0 Å². The van der Waals surface area contributed by atoms with Crippen molar-refractivity contribution >= 4 is 0 Å². The maximum absolute atomic E-state index is 4.21. The lowest BCUT2D eigenvalue weighted by atomic mass is 10.0. The summed E-state index contributed by atoms with van der Waals surface area (Å²) in [6, 6.07) is 0.472. The monoisotopic (exact) mass is 203 g/mol. The van der Waals surface area contributed by atoms with Crippen molar-refractivity contribution in [3.05, 3.63) is 18.2 Å². The van der Waals surface area contributed by atoms with Gasteiger partial charge in [-0.3, -0.25) is 0 Å². The molecular formula is C12H17N3. The van der Waals surface area contributed by atoms with Crippen LogP contribution in [0.3, 0.4) is 0 Å². The molecule has 1 aromatic heterocycles. The summed E-state index contributed by atoms with van der Waals surface area (Å²) in [4.78, 5) is 4.21. The van der Waals surface area contributed by atoms with Gasteiger partial charge in [-0.2, -0.15) is 0 Å². The Bertz CT molecular complexity index is 364. The Hall–Kier alpha value is -1.27. The van der Waals surface area contributed by atoms with Crippen LogP contribution < -0.4 is 5.32 Å². The van der Waals surface area contributed by atoms with Gasteiger partial charge in [0.2, 0.25) is 0 Å². The van der Waals surface area contributed by atoms with Crippen LogP contribution in [0.5, 0.6) is 0 Å². The molecule has 0 amide bonds. The Morgan fingerprint density at radius 3 is 3.27 bits per heavy atom. The molecule has 3 heteroatoms. The zero-order valence-electron chi connectivity index (χ0n) is 9.16. The van der Waals surface area contributed by atoms with Crippen molar-refractivity contribution in [1.82, 2.24) is 14.9 Å². The van der Waals surface area contributed by atoms with Gasteiger partial charge in [0.1, 0.15) is 0 Å². The van der Waals surface area contributed by atoms with E-state index in [2.05, 4.69) is 26.7 Å². The highest BCUT2D eigenvalue weighted by Crippen LogP contribution is 2.22. The Labute approximate surface area is 90.9 Å². The summed E-state index contributed by atoms with van der Waals surface area (Å²) < 4.78 is 2.14. The van der Waals surface area contributed by atoms with Crippen LogP contribution in [0.1, 0.15) is 37.9 Å². The molecule has 2 rings (SSSR count). The number of nitrogens with zero attached hydrogens (tertiary/aromatic N) is 2. The molecule has 1 atom stereocenters. The van der Waals surface area contributed by atoms with Crippen molar-refractivity contribution in [2.45, 2.75) is 38.8 Å². The first kappa shape index (κ1) is 10.3. The second-order valence-corrected chi connectivity index (χ2v) is 3.88. The van der Waals surface area contributed by atoms with Gasteiger partial charge >= 0.3 is 0 Å². The Kier molecular flexibility index (Phi) is 3.41. The maximum Gasteiger partial charge on any atom is 0.0957 e. The Morgan fingerprint density at radius 1 is 1.60 bits per heavy atom. The van der Waals surface area contributed by atoms with E-state index in [1.54, 1.807) is 0 Å². The van der Waals surface area contributed by atoms with Crippen molar-refractivity contribution in [3.63, 3.8) is 0 Å². The normalized spacial score (nSPS) is 20.7. The second-order valence-electron chi connectivity index (χ2n) is 3.88. The maximum atomic E-state index is 4.21. The zero-order valence-corrected chi connectivity index (χ0v) is 9.16. The molecule has 0 bridgehead atoms. The average Bonchev–Trinajstić information content (AvgIpc) is 2.75. The van der Waals surface area contributed by atoms with Gasteiger partial charge in [0.15, 0.2) is 0 Å². The smallest absolute Gasteiger partial charge is 0.0957 e. The topological polar surface area (TPSA) is 29.9 Å². The van der Waals surface area contributed by atoms with Gasteiger partial charge in [-0.1, -0.05) is 12.3 Å². The fourth-order valence-electron chi connectivity index (χ4n) is 2.02. The molecule has 0 aliphatic carbocycles. The highest BCUT2D eigenvalue weighted by Gasteiger charge is 2.17. The molecule has 1 N–H and O–H groups in total. The van der Waals surface area contributed by atoms with E-state index in [0.717, 1.165) is 13.1 Å². The summed E-state index contributed by atoms with van der Waals surface area (Å²) >= 11 is 0. The molecule has 3 nitrogen and oxygen atoms in total. The minimum Gasteiger partial charge on any atom is -0.321 e. The lowest BCUT2D eigenvalue weighted by molar-refractivity contribution is 0.396. The lowest BCUT2D eigenvalue weighted by Crippen LogP contribution is -2.28. The van der Waals surface area contributed by atoms with Gasteiger partial charge in [0, 0.05) is 12.2 Å². The minimum absolute atomic E-state index is 0.472. The van der Waals surface area contributed by atoms with Crippen LogP contribution in [0.25, 0.3) is 0 Å². The van der Waals surface area contributed by atoms with Crippen molar-refractivity contribution < 1.29 is 0 Å². The molecule has 2 heterocycles. The van der Waals surface area contributed by atoms with E-state index in [0.29, 0.717) is 6.04 Å². The Morgan fingerprint density at radius 2 is 2.53 bits per heavy atom. The van der Waals surface area contributed by atoms with E-state index in [1.165, 1.54) is 25.0 Å². The van der Waals surface area contributed by atoms with E-state index in [9.17, 15) is 0 Å². The van der Waals surface area contributed by atoms with E-state index >= 15 is 0 Å². The predicted molar refractivity (Wildman–Crippen MR) is 60.3 cm³/mol. The van der Waals surface area contributed by atoms with Crippen LogP contribution >= 0.6 is 0 Å². The molecular weight excluding hydrogens is 186 g/mol. The number of aromatic nitrogens is 2. The number of rotatable bonds is 2. The number of piperidine rings is 1. The van der Waals surface area contributed by atoms with Crippen molar-refractivity contribution in [2.24, 2.45) is 0 Å². The molecule has 1 aliphatic rings. The van der Waals surface area contributed by atoms with Crippen molar-refractivity contribution in [1.29, 1.82) is 0 Å². The quantitative estimate of drug-likeness (QED) is 0.742. The zero-order chi connectivity index (χ0) is 10.5. The molecule has 80 valence electrons. The average molecular weight is 203 g/mol. The Balaban J connectivity index is 2.11. The molecule has 0 radical (unpaired) electrons.